The highest BCUT2D eigenvalue weighted by atomic mass is 28.4. The van der Waals surface area contributed by atoms with Crippen LogP contribution in [0.25, 0.3) is 0 Å². The first-order valence-corrected chi connectivity index (χ1v) is 20.9. The number of anilines is 3. The lowest BCUT2D eigenvalue weighted by Gasteiger charge is -2.45. The number of aromatic hydroxyl groups is 1. The summed E-state index contributed by atoms with van der Waals surface area (Å²) in [7, 11) is -4.37. The predicted octanol–water partition coefficient (Wildman–Crippen LogP) is 7.32. The molecular formula is C45H45BN2O6Si. The first-order chi connectivity index (χ1) is 26.6. The van der Waals surface area contributed by atoms with Gasteiger partial charge in [0.05, 0.1) is 30.2 Å². The Bertz CT molecular complexity index is 2170. The minimum Gasteiger partial charge on any atom is -0.508 e. The Balaban J connectivity index is 1.18. The second-order valence-corrected chi connectivity index (χ2v) is 20.1. The van der Waals surface area contributed by atoms with Gasteiger partial charge in [0.2, 0.25) is 11.8 Å². The topological polar surface area (TPSA) is 108 Å². The Labute approximate surface area is 323 Å². The maximum atomic E-state index is 14.6. The summed E-state index contributed by atoms with van der Waals surface area (Å²) < 4.78 is 13.7. The lowest BCUT2D eigenvalue weighted by atomic mass is 9.55. The molecule has 3 N–H and O–H groups in total. The van der Waals surface area contributed by atoms with E-state index in [1.54, 1.807) is 30.3 Å². The van der Waals surface area contributed by atoms with Gasteiger partial charge in [-0.1, -0.05) is 118 Å². The summed E-state index contributed by atoms with van der Waals surface area (Å²) in [5, 5.41) is 28.0. The molecule has 0 spiro atoms. The SMILES string of the molecule is CC(C)(C)[Si](OCC1=C2B(O)O[C@H](c3ccccc3O)C[C@H]2[C@H]2C(=O)N(c3ccc(Nc4ccccc4)cc3)C(=O)[C@H]2C1)(c1ccccc1)c1ccccc1. The largest absolute Gasteiger partial charge is 0.508 e. The number of imide groups is 1. The standard InChI is InChI=1S/C45H45BN2O6Si/c1-45(2,3)55(34-17-9-5-10-18-34,35-19-11-6-12-20-35)53-29-30-27-38-41(37-28-40(54-46(52)42(30)37)36-21-13-14-22-39(36)49)44(51)48(43(38)50)33-25-23-32(24-26-33)47-31-15-7-4-8-16-31/h4-26,37-38,40-41,47,49,52H,27-29H2,1-3H3/t37-,38-,40-,41+/m0/s1. The minimum absolute atomic E-state index is 0.0504. The van der Waals surface area contributed by atoms with Crippen LogP contribution >= 0.6 is 0 Å². The van der Waals surface area contributed by atoms with E-state index >= 15 is 0 Å². The molecule has 2 aliphatic heterocycles. The molecule has 2 saturated heterocycles. The van der Waals surface area contributed by atoms with Crippen molar-refractivity contribution < 1.29 is 28.8 Å². The van der Waals surface area contributed by atoms with Gasteiger partial charge in [0.15, 0.2) is 0 Å². The quantitative estimate of drug-likeness (QED) is 0.107. The van der Waals surface area contributed by atoms with Crippen molar-refractivity contribution in [1.29, 1.82) is 0 Å². The van der Waals surface area contributed by atoms with Crippen LogP contribution in [-0.4, -0.2) is 44.0 Å². The Morgan fingerprint density at radius 3 is 1.93 bits per heavy atom. The normalized spacial score (nSPS) is 21.4. The average Bonchev–Trinajstić information content (AvgIpc) is 3.44. The predicted molar refractivity (Wildman–Crippen MR) is 219 cm³/mol. The highest BCUT2D eigenvalue weighted by Gasteiger charge is 2.59. The van der Waals surface area contributed by atoms with E-state index in [1.165, 1.54) is 4.90 Å². The second kappa shape index (κ2) is 14.8. The van der Waals surface area contributed by atoms with E-state index in [9.17, 15) is 19.7 Å². The van der Waals surface area contributed by atoms with E-state index in [0.717, 1.165) is 27.3 Å². The Kier molecular flexibility index (Phi) is 9.85. The van der Waals surface area contributed by atoms with Gasteiger partial charge in [0.25, 0.3) is 8.32 Å². The molecule has 55 heavy (non-hydrogen) atoms. The highest BCUT2D eigenvalue weighted by Crippen LogP contribution is 2.53. The average molecular weight is 749 g/mol. The minimum atomic E-state index is -3.01. The molecule has 2 fully saturated rings. The van der Waals surface area contributed by atoms with Gasteiger partial charge in [-0.2, -0.15) is 0 Å². The molecule has 0 bridgehead atoms. The van der Waals surface area contributed by atoms with Crippen molar-refractivity contribution in [3.8, 4) is 5.75 Å². The summed E-state index contributed by atoms with van der Waals surface area (Å²) in [4.78, 5) is 30.5. The van der Waals surface area contributed by atoms with Crippen LogP contribution in [-0.2, 0) is 18.7 Å². The molecule has 2 heterocycles. The summed E-state index contributed by atoms with van der Waals surface area (Å²) in [6.45, 7) is 6.79. The number of carbonyl (C=O) groups is 2. The monoisotopic (exact) mass is 748 g/mol. The van der Waals surface area contributed by atoms with Crippen molar-refractivity contribution in [3.63, 3.8) is 0 Å². The number of fused-ring (bicyclic) bond motifs is 3. The van der Waals surface area contributed by atoms with Crippen LogP contribution in [0.1, 0.15) is 45.3 Å². The summed E-state index contributed by atoms with van der Waals surface area (Å²) >= 11 is 0. The molecule has 0 unspecified atom stereocenters. The van der Waals surface area contributed by atoms with Crippen molar-refractivity contribution >= 4 is 54.7 Å². The molecule has 10 heteroatoms. The lowest BCUT2D eigenvalue weighted by molar-refractivity contribution is -0.123. The smallest absolute Gasteiger partial charge is 0.487 e. The van der Waals surface area contributed by atoms with E-state index in [2.05, 4.69) is 50.4 Å². The molecule has 278 valence electrons. The van der Waals surface area contributed by atoms with Crippen molar-refractivity contribution in [1.82, 2.24) is 0 Å². The van der Waals surface area contributed by atoms with Gasteiger partial charge < -0.3 is 24.5 Å². The number of phenolic OH excluding ortho intramolecular Hbond substituents is 1. The van der Waals surface area contributed by atoms with Gasteiger partial charge in [-0.3, -0.25) is 14.5 Å². The van der Waals surface area contributed by atoms with Crippen molar-refractivity contribution in [3.05, 3.63) is 156 Å². The van der Waals surface area contributed by atoms with Crippen LogP contribution < -0.4 is 20.6 Å². The molecule has 8 nitrogen and oxygen atoms in total. The number of allylic oxidation sites excluding steroid dienone is 1. The Morgan fingerprint density at radius 2 is 1.33 bits per heavy atom. The zero-order valence-corrected chi connectivity index (χ0v) is 32.3. The number of hydrogen-bond donors (Lipinski definition) is 3. The molecule has 0 saturated carbocycles. The highest BCUT2D eigenvalue weighted by molar-refractivity contribution is 6.99. The van der Waals surface area contributed by atoms with Crippen molar-refractivity contribution in [2.45, 2.75) is 44.8 Å². The maximum Gasteiger partial charge on any atom is 0.487 e. The zero-order valence-electron chi connectivity index (χ0n) is 31.3. The third kappa shape index (κ3) is 6.63. The van der Waals surface area contributed by atoms with Gasteiger partial charge in [-0.05, 0) is 87.7 Å². The van der Waals surface area contributed by atoms with Crippen LogP contribution in [0.4, 0.5) is 17.1 Å². The first kappa shape index (κ1) is 36.7. The second-order valence-electron chi connectivity index (χ2n) is 15.8. The van der Waals surface area contributed by atoms with E-state index in [-0.39, 0.29) is 35.6 Å². The van der Waals surface area contributed by atoms with Crippen LogP contribution in [0.15, 0.2) is 151 Å². The number of nitrogens with one attached hydrogen (secondary N) is 1. The fraction of sp³-hybridized carbons (Fsp3) is 0.244. The molecule has 0 aromatic heterocycles. The molecule has 3 aliphatic rings. The van der Waals surface area contributed by atoms with Gasteiger partial charge in [0, 0.05) is 16.9 Å². The van der Waals surface area contributed by atoms with Gasteiger partial charge in [0.1, 0.15) is 5.75 Å². The summed E-state index contributed by atoms with van der Waals surface area (Å²) in [5.74, 6) is -2.40. The number of amides is 2. The van der Waals surface area contributed by atoms with E-state index in [1.807, 2.05) is 84.9 Å². The van der Waals surface area contributed by atoms with Crippen molar-refractivity contribution in [2.75, 3.05) is 16.8 Å². The number of nitrogens with zero attached hydrogens (tertiary/aromatic N) is 1. The lowest BCUT2D eigenvalue weighted by Crippen LogP contribution is -2.66. The van der Waals surface area contributed by atoms with E-state index < -0.39 is 39.3 Å². The van der Waals surface area contributed by atoms with Crippen LogP contribution in [0, 0.1) is 17.8 Å². The number of hydrogen-bond acceptors (Lipinski definition) is 7. The van der Waals surface area contributed by atoms with Gasteiger partial charge >= 0.3 is 7.12 Å². The fourth-order valence-corrected chi connectivity index (χ4v) is 13.6. The number of rotatable bonds is 9. The van der Waals surface area contributed by atoms with Crippen LogP contribution in [0.5, 0.6) is 5.75 Å². The number of phenols is 1. The van der Waals surface area contributed by atoms with E-state index in [4.69, 9.17) is 9.08 Å². The molecule has 2 amide bonds. The van der Waals surface area contributed by atoms with Crippen LogP contribution in [0.3, 0.4) is 0 Å². The van der Waals surface area contributed by atoms with Gasteiger partial charge in [-0.25, -0.2) is 0 Å². The third-order valence-electron chi connectivity index (χ3n) is 11.6. The molecule has 5 aromatic rings. The summed E-state index contributed by atoms with van der Waals surface area (Å²) in [6, 6.07) is 44.7. The Morgan fingerprint density at radius 1 is 0.764 bits per heavy atom. The maximum absolute atomic E-state index is 14.6. The number of carbonyl (C=O) groups excluding carboxylic acids is 2. The van der Waals surface area contributed by atoms with Crippen LogP contribution in [0.2, 0.25) is 5.04 Å². The van der Waals surface area contributed by atoms with E-state index in [0.29, 0.717) is 23.1 Å². The summed E-state index contributed by atoms with van der Waals surface area (Å²) in [5.41, 5.74) is 4.18. The number of para-hydroxylation sites is 2. The van der Waals surface area contributed by atoms with Crippen molar-refractivity contribution in [2.24, 2.45) is 17.8 Å². The number of benzene rings is 5. The molecule has 8 rings (SSSR count). The molecule has 0 radical (unpaired) electrons. The Hall–Kier alpha value is -5.26. The first-order valence-electron chi connectivity index (χ1n) is 18.9. The molecule has 5 aromatic carbocycles. The third-order valence-corrected chi connectivity index (χ3v) is 16.5. The molecule has 4 atom stereocenters. The van der Waals surface area contributed by atoms with Gasteiger partial charge in [-0.15, -0.1) is 0 Å². The zero-order chi connectivity index (χ0) is 38.3. The molecular weight excluding hydrogens is 703 g/mol. The molecule has 1 aliphatic carbocycles. The fourth-order valence-electron chi connectivity index (χ4n) is 9.10. The summed E-state index contributed by atoms with van der Waals surface area (Å²) in [6.07, 6.45) is -0.131.